The van der Waals surface area contributed by atoms with Crippen molar-refractivity contribution in [3.05, 3.63) is 93.8 Å². The molecule has 1 heterocycles. The lowest BCUT2D eigenvalue weighted by Crippen LogP contribution is -2.54. The Morgan fingerprint density at radius 2 is 1.78 bits per heavy atom. The highest BCUT2D eigenvalue weighted by atomic mass is 35.5. The molecule has 9 heteroatoms. The largest absolute Gasteiger partial charge is 0.490 e. The van der Waals surface area contributed by atoms with E-state index in [2.05, 4.69) is 5.32 Å². The Hall–Kier alpha value is -3.75. The van der Waals surface area contributed by atoms with E-state index in [-0.39, 0.29) is 33.9 Å². The standard InChI is InChI=1S/C28H24ClFN2O4S/c1-3-17-8-10-21(11-9-17)32-27(34)22(26(33)31-28(32)37)13-19-14-23(29)25(24(15-19)35-4-2)36-16-18-6-5-7-20(30)12-18/h5-15H,3-4,16H2,1-2H3,(H,31,33,37)/b22-13+. The number of halogens is 2. The number of thiocarbonyl (C=S) groups is 1. The van der Waals surface area contributed by atoms with Crippen LogP contribution in [0.5, 0.6) is 11.5 Å². The molecule has 4 rings (SSSR count). The number of hydrogen-bond donors (Lipinski definition) is 1. The van der Waals surface area contributed by atoms with Gasteiger partial charge in [0.1, 0.15) is 18.0 Å². The zero-order chi connectivity index (χ0) is 26.5. The number of ether oxygens (including phenoxy) is 2. The summed E-state index contributed by atoms with van der Waals surface area (Å²) in [5, 5.41) is 2.79. The van der Waals surface area contributed by atoms with E-state index in [0.29, 0.717) is 29.2 Å². The van der Waals surface area contributed by atoms with E-state index in [1.54, 1.807) is 43.3 Å². The predicted molar refractivity (Wildman–Crippen MR) is 145 cm³/mol. The van der Waals surface area contributed by atoms with Gasteiger partial charge in [-0.2, -0.15) is 0 Å². The normalized spacial score (nSPS) is 14.6. The van der Waals surface area contributed by atoms with Crippen LogP contribution >= 0.6 is 23.8 Å². The Morgan fingerprint density at radius 1 is 1.03 bits per heavy atom. The van der Waals surface area contributed by atoms with Crippen molar-refractivity contribution in [2.75, 3.05) is 11.5 Å². The zero-order valence-corrected chi connectivity index (χ0v) is 21.8. The van der Waals surface area contributed by atoms with E-state index in [1.807, 2.05) is 19.1 Å². The summed E-state index contributed by atoms with van der Waals surface area (Å²) in [6.07, 6.45) is 2.28. The number of benzene rings is 3. The monoisotopic (exact) mass is 538 g/mol. The van der Waals surface area contributed by atoms with Gasteiger partial charge in [-0.25, -0.2) is 4.39 Å². The van der Waals surface area contributed by atoms with Gasteiger partial charge in [-0.1, -0.05) is 42.8 Å². The van der Waals surface area contributed by atoms with Gasteiger partial charge < -0.3 is 9.47 Å². The molecule has 0 spiro atoms. The fraction of sp³-hybridized carbons (Fsp3) is 0.179. The van der Waals surface area contributed by atoms with Gasteiger partial charge in [0.25, 0.3) is 11.8 Å². The summed E-state index contributed by atoms with van der Waals surface area (Å²) in [5.74, 6) is -0.947. The minimum absolute atomic E-state index is 0.00512. The third-order valence-corrected chi connectivity index (χ3v) is 6.18. The lowest BCUT2D eigenvalue weighted by atomic mass is 10.1. The average Bonchev–Trinajstić information content (AvgIpc) is 2.86. The van der Waals surface area contributed by atoms with E-state index in [4.69, 9.17) is 33.3 Å². The maximum Gasteiger partial charge on any atom is 0.270 e. The number of aryl methyl sites for hydroxylation is 1. The number of amides is 2. The first-order valence-corrected chi connectivity index (χ1v) is 12.4. The fourth-order valence-corrected chi connectivity index (χ4v) is 4.35. The van der Waals surface area contributed by atoms with Crippen molar-refractivity contribution in [3.8, 4) is 11.5 Å². The van der Waals surface area contributed by atoms with Crippen LogP contribution in [-0.2, 0) is 22.6 Å². The Balaban J connectivity index is 1.65. The lowest BCUT2D eigenvalue weighted by molar-refractivity contribution is -0.122. The molecule has 1 aliphatic heterocycles. The minimum Gasteiger partial charge on any atom is -0.490 e. The first kappa shape index (κ1) is 26.3. The first-order chi connectivity index (χ1) is 17.8. The minimum atomic E-state index is -0.614. The van der Waals surface area contributed by atoms with Gasteiger partial charge in [0, 0.05) is 0 Å². The molecule has 0 atom stereocenters. The van der Waals surface area contributed by atoms with Crippen LogP contribution in [0.2, 0.25) is 5.02 Å². The van der Waals surface area contributed by atoms with Gasteiger partial charge in [-0.15, -0.1) is 0 Å². The van der Waals surface area contributed by atoms with Crippen molar-refractivity contribution in [3.63, 3.8) is 0 Å². The van der Waals surface area contributed by atoms with Crippen LogP contribution in [0.1, 0.15) is 30.5 Å². The van der Waals surface area contributed by atoms with Gasteiger partial charge in [0.2, 0.25) is 0 Å². The van der Waals surface area contributed by atoms with E-state index >= 15 is 0 Å². The maximum absolute atomic E-state index is 13.5. The number of anilines is 1. The number of carbonyl (C=O) groups is 2. The second kappa shape index (κ2) is 11.5. The highest BCUT2D eigenvalue weighted by Gasteiger charge is 2.34. The molecule has 6 nitrogen and oxygen atoms in total. The highest BCUT2D eigenvalue weighted by molar-refractivity contribution is 7.80. The van der Waals surface area contributed by atoms with Crippen LogP contribution in [0.15, 0.2) is 66.2 Å². The van der Waals surface area contributed by atoms with E-state index in [9.17, 15) is 14.0 Å². The predicted octanol–water partition coefficient (Wildman–Crippen LogP) is 5.85. The van der Waals surface area contributed by atoms with Crippen LogP contribution in [0.4, 0.5) is 10.1 Å². The van der Waals surface area contributed by atoms with Crippen molar-refractivity contribution < 1.29 is 23.5 Å². The molecule has 2 amide bonds. The van der Waals surface area contributed by atoms with Crippen LogP contribution in [0.3, 0.4) is 0 Å². The molecular formula is C28H24ClFN2O4S. The molecular weight excluding hydrogens is 515 g/mol. The number of hydrogen-bond acceptors (Lipinski definition) is 5. The molecule has 1 saturated heterocycles. The Kier molecular flexibility index (Phi) is 8.21. The summed E-state index contributed by atoms with van der Waals surface area (Å²) < 4.78 is 25.1. The summed E-state index contributed by atoms with van der Waals surface area (Å²) in [6, 6.07) is 16.6. The molecule has 0 aromatic heterocycles. The highest BCUT2D eigenvalue weighted by Crippen LogP contribution is 2.38. The van der Waals surface area contributed by atoms with Gasteiger partial charge in [0.15, 0.2) is 16.6 Å². The molecule has 0 saturated carbocycles. The lowest BCUT2D eigenvalue weighted by Gasteiger charge is -2.29. The summed E-state index contributed by atoms with van der Waals surface area (Å²) in [5.41, 5.74) is 2.63. The third kappa shape index (κ3) is 5.98. The van der Waals surface area contributed by atoms with Crippen molar-refractivity contribution in [1.82, 2.24) is 5.32 Å². The average molecular weight is 539 g/mol. The molecule has 0 aliphatic carbocycles. The van der Waals surface area contributed by atoms with Crippen LogP contribution in [-0.4, -0.2) is 23.5 Å². The van der Waals surface area contributed by atoms with E-state index in [1.165, 1.54) is 23.1 Å². The van der Waals surface area contributed by atoms with Crippen LogP contribution < -0.4 is 19.7 Å². The zero-order valence-electron chi connectivity index (χ0n) is 20.2. The quantitative estimate of drug-likeness (QED) is 0.221. The number of nitrogens with one attached hydrogen (secondary N) is 1. The molecule has 3 aromatic rings. The van der Waals surface area contributed by atoms with E-state index < -0.39 is 11.8 Å². The van der Waals surface area contributed by atoms with Gasteiger partial charge in [0.05, 0.1) is 17.3 Å². The molecule has 190 valence electrons. The molecule has 1 N–H and O–H groups in total. The smallest absolute Gasteiger partial charge is 0.270 e. The Morgan fingerprint density at radius 3 is 2.46 bits per heavy atom. The molecule has 1 fully saturated rings. The second-order valence-corrected chi connectivity index (χ2v) is 8.95. The summed E-state index contributed by atoms with van der Waals surface area (Å²) >= 11 is 11.8. The summed E-state index contributed by atoms with van der Waals surface area (Å²) in [4.78, 5) is 27.3. The van der Waals surface area contributed by atoms with Crippen molar-refractivity contribution in [2.24, 2.45) is 0 Å². The molecule has 0 bridgehead atoms. The SMILES string of the molecule is CCOc1cc(/C=C2\C(=O)NC(=S)N(c3ccc(CC)cc3)C2=O)cc(Cl)c1OCc1cccc(F)c1. The number of carbonyl (C=O) groups excluding carboxylic acids is 2. The molecule has 1 aliphatic rings. The van der Waals surface area contributed by atoms with Gasteiger partial charge in [-0.3, -0.25) is 19.8 Å². The molecule has 0 unspecified atom stereocenters. The van der Waals surface area contributed by atoms with Crippen LogP contribution in [0, 0.1) is 5.82 Å². The van der Waals surface area contributed by atoms with Crippen molar-refractivity contribution in [1.29, 1.82) is 0 Å². The molecule has 0 radical (unpaired) electrons. The number of nitrogens with zero attached hydrogens (tertiary/aromatic N) is 1. The molecule has 37 heavy (non-hydrogen) atoms. The fourth-order valence-electron chi connectivity index (χ4n) is 3.80. The Labute approximate surface area is 224 Å². The van der Waals surface area contributed by atoms with Gasteiger partial charge in [-0.05, 0) is 84.7 Å². The van der Waals surface area contributed by atoms with Gasteiger partial charge >= 0.3 is 0 Å². The first-order valence-electron chi connectivity index (χ1n) is 11.6. The number of rotatable bonds is 8. The third-order valence-electron chi connectivity index (χ3n) is 5.62. The second-order valence-electron chi connectivity index (χ2n) is 8.16. The summed E-state index contributed by atoms with van der Waals surface area (Å²) in [6.45, 7) is 4.23. The Bertz CT molecular complexity index is 1390. The van der Waals surface area contributed by atoms with Crippen molar-refractivity contribution >= 4 is 52.5 Å². The maximum atomic E-state index is 13.5. The summed E-state index contributed by atoms with van der Waals surface area (Å²) in [7, 11) is 0. The van der Waals surface area contributed by atoms with Crippen molar-refractivity contribution in [2.45, 2.75) is 26.9 Å². The van der Waals surface area contributed by atoms with E-state index in [0.717, 1.165) is 12.0 Å². The van der Waals surface area contributed by atoms with Crippen LogP contribution in [0.25, 0.3) is 6.08 Å². The topological polar surface area (TPSA) is 67.9 Å². The molecule has 3 aromatic carbocycles.